The number of methoxy groups -OCH3 is 1. The zero-order valence-corrected chi connectivity index (χ0v) is 9.06. The molecule has 2 atom stereocenters. The Morgan fingerprint density at radius 2 is 2.12 bits per heavy atom. The van der Waals surface area contributed by atoms with E-state index in [-0.39, 0.29) is 0 Å². The summed E-state index contributed by atoms with van der Waals surface area (Å²) in [6.45, 7) is 1.97. The molecule has 0 amide bonds. The Labute approximate surface area is 93.4 Å². The molecule has 1 fully saturated rings. The van der Waals surface area contributed by atoms with Crippen molar-refractivity contribution in [2.24, 2.45) is 0 Å². The van der Waals surface area contributed by atoms with Gasteiger partial charge in [-0.25, -0.2) is 4.79 Å². The SMILES string of the molecule is COC(=O)C1(C#N)OC1c1ccc(C)cc1. The Hall–Kier alpha value is -1.86. The maximum Gasteiger partial charge on any atom is 0.356 e. The van der Waals surface area contributed by atoms with E-state index in [0.717, 1.165) is 11.1 Å². The second kappa shape index (κ2) is 3.62. The molecule has 4 nitrogen and oxygen atoms in total. The lowest BCUT2D eigenvalue weighted by molar-refractivity contribution is -0.144. The van der Waals surface area contributed by atoms with Crippen molar-refractivity contribution in [3.05, 3.63) is 35.4 Å². The van der Waals surface area contributed by atoms with Crippen LogP contribution in [0.3, 0.4) is 0 Å². The molecule has 0 N–H and O–H groups in total. The molecule has 2 rings (SSSR count). The van der Waals surface area contributed by atoms with E-state index in [1.807, 2.05) is 37.3 Å². The molecule has 0 spiro atoms. The lowest BCUT2D eigenvalue weighted by Gasteiger charge is -2.01. The number of rotatable bonds is 2. The van der Waals surface area contributed by atoms with Crippen LogP contribution in [-0.2, 0) is 14.3 Å². The highest BCUT2D eigenvalue weighted by Crippen LogP contribution is 2.49. The summed E-state index contributed by atoms with van der Waals surface area (Å²) in [5.41, 5.74) is 0.492. The predicted octanol–water partition coefficient (Wildman–Crippen LogP) is 1.50. The molecule has 1 heterocycles. The second-order valence-corrected chi connectivity index (χ2v) is 3.75. The molecule has 82 valence electrons. The summed E-state index contributed by atoms with van der Waals surface area (Å²) in [7, 11) is 1.25. The zero-order chi connectivity index (χ0) is 11.8. The molecule has 1 saturated heterocycles. The highest BCUT2D eigenvalue weighted by Gasteiger charge is 2.65. The first-order valence-electron chi connectivity index (χ1n) is 4.88. The van der Waals surface area contributed by atoms with E-state index < -0.39 is 17.7 Å². The average Bonchev–Trinajstić information content (AvgIpc) is 3.05. The van der Waals surface area contributed by atoms with Crippen LogP contribution in [0.25, 0.3) is 0 Å². The van der Waals surface area contributed by atoms with Crippen LogP contribution < -0.4 is 0 Å². The summed E-state index contributed by atoms with van der Waals surface area (Å²) < 4.78 is 9.75. The predicted molar refractivity (Wildman–Crippen MR) is 55.4 cm³/mol. The van der Waals surface area contributed by atoms with Crippen LogP contribution in [0.2, 0.25) is 0 Å². The maximum atomic E-state index is 11.4. The maximum absolute atomic E-state index is 11.4. The van der Waals surface area contributed by atoms with Gasteiger partial charge in [0.25, 0.3) is 5.60 Å². The van der Waals surface area contributed by atoms with Crippen molar-refractivity contribution in [3.8, 4) is 6.07 Å². The van der Waals surface area contributed by atoms with Crippen molar-refractivity contribution in [1.29, 1.82) is 5.26 Å². The molecule has 1 aromatic carbocycles. The Morgan fingerprint density at radius 3 is 2.62 bits per heavy atom. The van der Waals surface area contributed by atoms with Crippen LogP contribution in [0.5, 0.6) is 0 Å². The van der Waals surface area contributed by atoms with Crippen LogP contribution in [0.4, 0.5) is 0 Å². The summed E-state index contributed by atoms with van der Waals surface area (Å²) in [5.74, 6) is -0.638. The molecule has 1 aromatic rings. The van der Waals surface area contributed by atoms with Crippen molar-refractivity contribution in [1.82, 2.24) is 0 Å². The molecule has 4 heteroatoms. The third-order valence-corrected chi connectivity index (χ3v) is 2.65. The van der Waals surface area contributed by atoms with E-state index >= 15 is 0 Å². The number of ether oxygens (including phenoxy) is 2. The van der Waals surface area contributed by atoms with E-state index in [1.54, 1.807) is 0 Å². The summed E-state index contributed by atoms with van der Waals surface area (Å²) in [4.78, 5) is 11.4. The van der Waals surface area contributed by atoms with Gasteiger partial charge in [-0.3, -0.25) is 0 Å². The third kappa shape index (κ3) is 1.46. The van der Waals surface area contributed by atoms with Gasteiger partial charge in [-0.15, -0.1) is 0 Å². The molecule has 16 heavy (non-hydrogen) atoms. The minimum atomic E-state index is -1.44. The Bertz CT molecular complexity index is 460. The molecule has 0 radical (unpaired) electrons. The highest BCUT2D eigenvalue weighted by molar-refractivity contribution is 5.87. The van der Waals surface area contributed by atoms with Gasteiger partial charge in [-0.05, 0) is 12.5 Å². The van der Waals surface area contributed by atoms with Crippen LogP contribution in [-0.4, -0.2) is 18.7 Å². The highest BCUT2D eigenvalue weighted by atomic mass is 16.7. The lowest BCUT2D eigenvalue weighted by atomic mass is 10.00. The first-order chi connectivity index (χ1) is 7.64. The van der Waals surface area contributed by atoms with Gasteiger partial charge < -0.3 is 9.47 Å². The van der Waals surface area contributed by atoms with Gasteiger partial charge in [0.1, 0.15) is 12.2 Å². The quantitative estimate of drug-likeness (QED) is 0.556. The minimum absolute atomic E-state index is 0.509. The number of carbonyl (C=O) groups excluding carboxylic acids is 1. The Morgan fingerprint density at radius 1 is 1.50 bits per heavy atom. The third-order valence-electron chi connectivity index (χ3n) is 2.65. The number of nitrogens with zero attached hydrogens (tertiary/aromatic N) is 1. The van der Waals surface area contributed by atoms with Gasteiger partial charge in [0, 0.05) is 0 Å². The van der Waals surface area contributed by atoms with Gasteiger partial charge in [0.15, 0.2) is 0 Å². The van der Waals surface area contributed by atoms with Crippen molar-refractivity contribution in [2.75, 3.05) is 7.11 Å². The first-order valence-corrected chi connectivity index (χ1v) is 4.88. The van der Waals surface area contributed by atoms with Gasteiger partial charge in [0.05, 0.1) is 7.11 Å². The number of hydrogen-bond acceptors (Lipinski definition) is 4. The first kappa shape index (κ1) is 10.7. The Kier molecular flexibility index (Phi) is 2.41. The van der Waals surface area contributed by atoms with Crippen molar-refractivity contribution in [3.63, 3.8) is 0 Å². The van der Waals surface area contributed by atoms with Crippen molar-refractivity contribution >= 4 is 5.97 Å². The van der Waals surface area contributed by atoms with E-state index in [2.05, 4.69) is 4.74 Å². The number of benzene rings is 1. The van der Waals surface area contributed by atoms with Crippen molar-refractivity contribution < 1.29 is 14.3 Å². The van der Waals surface area contributed by atoms with Crippen LogP contribution >= 0.6 is 0 Å². The van der Waals surface area contributed by atoms with Gasteiger partial charge >= 0.3 is 5.97 Å². The Balaban J connectivity index is 2.25. The van der Waals surface area contributed by atoms with Gasteiger partial charge in [-0.2, -0.15) is 5.26 Å². The topological polar surface area (TPSA) is 62.6 Å². The molecular weight excluding hydrogens is 206 g/mol. The number of carbonyl (C=O) groups is 1. The van der Waals surface area contributed by atoms with E-state index in [4.69, 9.17) is 10.00 Å². The van der Waals surface area contributed by atoms with Crippen LogP contribution in [0.1, 0.15) is 17.2 Å². The molecule has 2 unspecified atom stereocenters. The monoisotopic (exact) mass is 217 g/mol. The number of hydrogen-bond donors (Lipinski definition) is 0. The number of nitriles is 1. The van der Waals surface area contributed by atoms with E-state index in [1.165, 1.54) is 7.11 Å². The molecular formula is C12H11NO3. The lowest BCUT2D eigenvalue weighted by Crippen LogP contribution is -2.24. The van der Waals surface area contributed by atoms with Gasteiger partial charge in [-0.1, -0.05) is 29.8 Å². The summed E-state index contributed by atoms with van der Waals surface area (Å²) in [6, 6.07) is 9.39. The molecule has 0 saturated carbocycles. The average molecular weight is 217 g/mol. The van der Waals surface area contributed by atoms with E-state index in [0.29, 0.717) is 0 Å². The van der Waals surface area contributed by atoms with Crippen LogP contribution in [0.15, 0.2) is 24.3 Å². The number of esters is 1. The van der Waals surface area contributed by atoms with Crippen molar-refractivity contribution in [2.45, 2.75) is 18.6 Å². The summed E-state index contributed by atoms with van der Waals surface area (Å²) in [5, 5.41) is 8.97. The van der Waals surface area contributed by atoms with E-state index in [9.17, 15) is 4.79 Å². The number of epoxide rings is 1. The standard InChI is InChI=1S/C12H11NO3/c1-8-3-5-9(6-4-8)10-12(7-13,16-10)11(14)15-2/h3-6,10H,1-2H3. The number of aryl methyl sites for hydroxylation is 1. The molecule has 0 bridgehead atoms. The molecule has 0 aliphatic carbocycles. The fraction of sp³-hybridized carbons (Fsp3) is 0.333. The second-order valence-electron chi connectivity index (χ2n) is 3.75. The molecule has 1 aliphatic rings. The molecule has 0 aromatic heterocycles. The molecule has 1 aliphatic heterocycles. The smallest absolute Gasteiger partial charge is 0.356 e. The minimum Gasteiger partial charge on any atom is -0.466 e. The fourth-order valence-electron chi connectivity index (χ4n) is 1.63. The zero-order valence-electron chi connectivity index (χ0n) is 9.06. The largest absolute Gasteiger partial charge is 0.466 e. The summed E-state index contributed by atoms with van der Waals surface area (Å²) >= 11 is 0. The van der Waals surface area contributed by atoms with Crippen LogP contribution in [0, 0.1) is 18.3 Å². The normalized spacial score (nSPS) is 26.9. The summed E-state index contributed by atoms with van der Waals surface area (Å²) in [6.07, 6.45) is -0.509. The van der Waals surface area contributed by atoms with Gasteiger partial charge in [0.2, 0.25) is 0 Å². The fourth-order valence-corrected chi connectivity index (χ4v) is 1.63.